The van der Waals surface area contributed by atoms with Crippen LogP contribution in [0.15, 0.2) is 41.3 Å². The highest BCUT2D eigenvalue weighted by Gasteiger charge is 2.26. The minimum absolute atomic E-state index is 0. The summed E-state index contributed by atoms with van der Waals surface area (Å²) in [6.07, 6.45) is 1.53. The van der Waals surface area contributed by atoms with Crippen LogP contribution in [0.5, 0.6) is 0 Å². The molecule has 0 radical (unpaired) electrons. The number of sulfonamides is 1. The SMILES string of the molecule is CC(=O)Nc1ccc(S(=O)(=O)NC2CCNC(C)C2)c2ccccc12.Cl. The zero-order valence-electron chi connectivity index (χ0n) is 14.8. The average Bonchev–Trinajstić information content (AvgIpc) is 2.54. The smallest absolute Gasteiger partial charge is 0.241 e. The molecule has 0 bridgehead atoms. The van der Waals surface area contributed by atoms with Gasteiger partial charge in [-0.2, -0.15) is 0 Å². The van der Waals surface area contributed by atoms with E-state index in [-0.39, 0.29) is 29.3 Å². The van der Waals surface area contributed by atoms with Gasteiger partial charge in [-0.1, -0.05) is 24.3 Å². The normalized spacial score (nSPS) is 20.4. The van der Waals surface area contributed by atoms with Gasteiger partial charge in [-0.15, -0.1) is 12.4 Å². The Hall–Kier alpha value is -1.67. The molecule has 0 aromatic heterocycles. The van der Waals surface area contributed by atoms with E-state index in [1.165, 1.54) is 6.92 Å². The molecule has 0 aliphatic carbocycles. The Kier molecular flexibility index (Phi) is 6.63. The fraction of sp³-hybridized carbons (Fsp3) is 0.389. The van der Waals surface area contributed by atoms with Crippen molar-refractivity contribution in [3.63, 3.8) is 0 Å². The summed E-state index contributed by atoms with van der Waals surface area (Å²) in [5, 5.41) is 7.38. The Labute approximate surface area is 160 Å². The molecule has 3 rings (SSSR count). The number of fused-ring (bicyclic) bond motifs is 1. The summed E-state index contributed by atoms with van der Waals surface area (Å²) in [7, 11) is -3.65. The van der Waals surface area contributed by atoms with Crippen LogP contribution in [0, 0.1) is 0 Å². The number of hydrogen-bond acceptors (Lipinski definition) is 4. The number of hydrogen-bond donors (Lipinski definition) is 3. The summed E-state index contributed by atoms with van der Waals surface area (Å²) in [5.74, 6) is -0.192. The summed E-state index contributed by atoms with van der Waals surface area (Å²) >= 11 is 0. The fourth-order valence-electron chi connectivity index (χ4n) is 3.33. The van der Waals surface area contributed by atoms with Crippen molar-refractivity contribution in [3.05, 3.63) is 36.4 Å². The van der Waals surface area contributed by atoms with E-state index in [0.29, 0.717) is 22.5 Å². The maximum atomic E-state index is 12.9. The van der Waals surface area contributed by atoms with Gasteiger partial charge < -0.3 is 10.6 Å². The Balaban J connectivity index is 0.00000243. The van der Waals surface area contributed by atoms with E-state index >= 15 is 0 Å². The molecule has 6 nitrogen and oxygen atoms in total. The lowest BCUT2D eigenvalue weighted by atomic mass is 10.0. The summed E-state index contributed by atoms with van der Waals surface area (Å²) in [6, 6.07) is 10.6. The van der Waals surface area contributed by atoms with Crippen LogP contribution >= 0.6 is 12.4 Å². The van der Waals surface area contributed by atoms with E-state index in [4.69, 9.17) is 0 Å². The second kappa shape index (κ2) is 8.35. The first kappa shape index (κ1) is 20.6. The predicted molar refractivity (Wildman–Crippen MR) is 106 cm³/mol. The van der Waals surface area contributed by atoms with Crippen molar-refractivity contribution in [1.29, 1.82) is 0 Å². The Morgan fingerprint density at radius 1 is 1.15 bits per heavy atom. The molecule has 142 valence electrons. The lowest BCUT2D eigenvalue weighted by Crippen LogP contribution is -2.46. The molecular formula is C18H24ClN3O3S. The highest BCUT2D eigenvalue weighted by atomic mass is 35.5. The van der Waals surface area contributed by atoms with E-state index in [9.17, 15) is 13.2 Å². The van der Waals surface area contributed by atoms with E-state index in [0.717, 1.165) is 19.4 Å². The molecule has 26 heavy (non-hydrogen) atoms. The van der Waals surface area contributed by atoms with Crippen molar-refractivity contribution in [1.82, 2.24) is 10.0 Å². The Morgan fingerprint density at radius 3 is 2.50 bits per heavy atom. The number of anilines is 1. The minimum atomic E-state index is -3.65. The minimum Gasteiger partial charge on any atom is -0.326 e. The topological polar surface area (TPSA) is 87.3 Å². The lowest BCUT2D eigenvalue weighted by Gasteiger charge is -2.28. The number of piperidine rings is 1. The maximum Gasteiger partial charge on any atom is 0.241 e. The van der Waals surface area contributed by atoms with Gasteiger partial charge in [0.2, 0.25) is 15.9 Å². The van der Waals surface area contributed by atoms with Gasteiger partial charge in [0.25, 0.3) is 0 Å². The highest BCUT2D eigenvalue weighted by molar-refractivity contribution is 7.89. The number of carbonyl (C=O) groups excluding carboxylic acids is 1. The molecule has 2 unspecified atom stereocenters. The van der Waals surface area contributed by atoms with Crippen molar-refractivity contribution >= 4 is 44.8 Å². The van der Waals surface area contributed by atoms with E-state index < -0.39 is 10.0 Å². The monoisotopic (exact) mass is 397 g/mol. The molecule has 1 fully saturated rings. The quantitative estimate of drug-likeness (QED) is 0.740. The third-order valence-corrected chi connectivity index (χ3v) is 6.01. The molecule has 0 spiro atoms. The zero-order chi connectivity index (χ0) is 18.0. The van der Waals surface area contributed by atoms with Crippen molar-refractivity contribution < 1.29 is 13.2 Å². The van der Waals surface area contributed by atoms with Crippen LogP contribution in [0.2, 0.25) is 0 Å². The van der Waals surface area contributed by atoms with Crippen molar-refractivity contribution in [2.24, 2.45) is 0 Å². The van der Waals surface area contributed by atoms with Gasteiger partial charge in [0, 0.05) is 35.5 Å². The number of carbonyl (C=O) groups is 1. The number of rotatable bonds is 4. The van der Waals surface area contributed by atoms with Gasteiger partial charge in [0.15, 0.2) is 0 Å². The first-order valence-electron chi connectivity index (χ1n) is 8.42. The van der Waals surface area contributed by atoms with E-state index in [1.54, 1.807) is 24.3 Å². The first-order valence-corrected chi connectivity index (χ1v) is 9.90. The first-order chi connectivity index (χ1) is 11.9. The third kappa shape index (κ3) is 4.54. The number of halogens is 1. The van der Waals surface area contributed by atoms with Crippen LogP contribution in [0.1, 0.15) is 26.7 Å². The van der Waals surface area contributed by atoms with Crippen molar-refractivity contribution in [3.8, 4) is 0 Å². The zero-order valence-corrected chi connectivity index (χ0v) is 16.4. The largest absolute Gasteiger partial charge is 0.326 e. The van der Waals surface area contributed by atoms with Crippen molar-refractivity contribution in [2.45, 2.75) is 43.7 Å². The molecule has 1 saturated heterocycles. The molecule has 3 N–H and O–H groups in total. The van der Waals surface area contributed by atoms with Crippen molar-refractivity contribution in [2.75, 3.05) is 11.9 Å². The molecule has 1 aliphatic heterocycles. The van der Waals surface area contributed by atoms with Crippen LogP contribution in [-0.4, -0.2) is 33.0 Å². The number of benzene rings is 2. The highest BCUT2D eigenvalue weighted by Crippen LogP contribution is 2.30. The molecule has 0 saturated carbocycles. The van der Waals surface area contributed by atoms with Gasteiger partial charge in [-0.25, -0.2) is 13.1 Å². The number of nitrogens with one attached hydrogen (secondary N) is 3. The Morgan fingerprint density at radius 2 is 1.85 bits per heavy atom. The predicted octanol–water partition coefficient (Wildman–Crippen LogP) is 2.64. The second-order valence-corrected chi connectivity index (χ2v) is 8.22. The fourth-order valence-corrected chi connectivity index (χ4v) is 4.82. The summed E-state index contributed by atoms with van der Waals surface area (Å²) in [5.41, 5.74) is 0.609. The van der Waals surface area contributed by atoms with Gasteiger partial charge >= 0.3 is 0 Å². The third-order valence-electron chi connectivity index (χ3n) is 4.43. The second-order valence-electron chi connectivity index (χ2n) is 6.54. The molecule has 1 aliphatic rings. The van der Waals surface area contributed by atoms with Crippen LogP contribution < -0.4 is 15.4 Å². The molecule has 2 aromatic rings. The van der Waals surface area contributed by atoms with Crippen LogP contribution in [0.4, 0.5) is 5.69 Å². The summed E-state index contributed by atoms with van der Waals surface area (Å²) in [6.45, 7) is 4.29. The van der Waals surface area contributed by atoms with Crippen LogP contribution in [0.3, 0.4) is 0 Å². The standard InChI is InChI=1S/C18H23N3O3S.ClH/c1-12-11-14(9-10-19-12)21-25(23,24)18-8-7-17(20-13(2)22)15-5-3-4-6-16(15)18;/h3-8,12,14,19,21H,9-11H2,1-2H3,(H,20,22);1H. The number of amides is 1. The summed E-state index contributed by atoms with van der Waals surface area (Å²) < 4.78 is 28.7. The lowest BCUT2D eigenvalue weighted by molar-refractivity contribution is -0.114. The molecule has 8 heteroatoms. The van der Waals surface area contributed by atoms with Gasteiger partial charge in [-0.3, -0.25) is 4.79 Å². The molecular weight excluding hydrogens is 374 g/mol. The van der Waals surface area contributed by atoms with Crippen LogP contribution in [-0.2, 0) is 14.8 Å². The molecule has 2 atom stereocenters. The average molecular weight is 398 g/mol. The van der Waals surface area contributed by atoms with E-state index in [2.05, 4.69) is 22.3 Å². The van der Waals surface area contributed by atoms with Gasteiger partial charge in [0.1, 0.15) is 0 Å². The van der Waals surface area contributed by atoms with Gasteiger partial charge in [-0.05, 0) is 38.4 Å². The summed E-state index contributed by atoms with van der Waals surface area (Å²) in [4.78, 5) is 11.6. The van der Waals surface area contributed by atoms with Gasteiger partial charge in [0.05, 0.1) is 4.90 Å². The maximum absolute atomic E-state index is 12.9. The Bertz CT molecular complexity index is 902. The molecule has 1 amide bonds. The molecule has 2 aromatic carbocycles. The van der Waals surface area contributed by atoms with Crippen LogP contribution in [0.25, 0.3) is 10.8 Å². The van der Waals surface area contributed by atoms with E-state index in [1.807, 2.05) is 12.1 Å². The molecule has 1 heterocycles.